The fourth-order valence-corrected chi connectivity index (χ4v) is 8.48. The Morgan fingerprint density at radius 1 is 0.609 bits per heavy atom. The van der Waals surface area contributed by atoms with Crippen molar-refractivity contribution >= 4 is 80.8 Å². The minimum absolute atomic E-state index is 1.13. The highest BCUT2D eigenvalue weighted by molar-refractivity contribution is 7.26. The van der Waals surface area contributed by atoms with E-state index in [1.807, 2.05) is 23.5 Å². The van der Waals surface area contributed by atoms with Crippen LogP contribution in [0.3, 0.4) is 0 Å². The van der Waals surface area contributed by atoms with Crippen LogP contribution in [0.5, 0.6) is 0 Å². The third kappa shape index (κ3) is 3.89. The number of thiophene rings is 1. The molecule has 3 aromatic heterocycles. The molecule has 0 saturated carbocycles. The minimum atomic E-state index is 1.13. The second kappa shape index (κ2) is 10.5. The molecule has 0 aliphatic rings. The smallest absolute Gasteiger partial charge is 0.0555 e. The quantitative estimate of drug-likeness (QED) is 0.173. The van der Waals surface area contributed by atoms with Gasteiger partial charge in [0.15, 0.2) is 0 Å². The van der Waals surface area contributed by atoms with Crippen LogP contribution in [0.4, 0.5) is 0 Å². The van der Waals surface area contributed by atoms with Gasteiger partial charge in [0, 0.05) is 53.1 Å². The molecule has 0 N–H and O–H groups in total. The van der Waals surface area contributed by atoms with Crippen molar-refractivity contribution in [1.82, 2.24) is 9.13 Å². The van der Waals surface area contributed by atoms with Crippen molar-refractivity contribution in [2.75, 3.05) is 0 Å². The molecule has 9 aromatic rings. The summed E-state index contributed by atoms with van der Waals surface area (Å²) in [6.07, 6.45) is 8.11. The molecule has 46 heavy (non-hydrogen) atoms. The van der Waals surface area contributed by atoms with Gasteiger partial charge in [-0.1, -0.05) is 97.6 Å². The lowest BCUT2D eigenvalue weighted by Gasteiger charge is -2.10. The molecule has 0 amide bonds. The maximum atomic E-state index is 3.88. The van der Waals surface area contributed by atoms with Gasteiger partial charge in [-0.2, -0.15) is 0 Å². The van der Waals surface area contributed by atoms with Crippen LogP contribution in [0.1, 0.15) is 6.92 Å². The largest absolute Gasteiger partial charge is 0.310 e. The highest BCUT2D eigenvalue weighted by Crippen LogP contribution is 2.44. The molecule has 3 heteroatoms. The van der Waals surface area contributed by atoms with E-state index in [1.54, 1.807) is 0 Å². The Labute approximate surface area is 271 Å². The van der Waals surface area contributed by atoms with Crippen molar-refractivity contribution < 1.29 is 0 Å². The number of hydrogen-bond acceptors (Lipinski definition) is 1. The summed E-state index contributed by atoms with van der Waals surface area (Å²) in [6.45, 7) is 5.97. The molecule has 0 saturated heterocycles. The summed E-state index contributed by atoms with van der Waals surface area (Å²) in [4.78, 5) is 0. The number of fused-ring (bicyclic) bond motifs is 10. The summed E-state index contributed by atoms with van der Waals surface area (Å²) in [7, 11) is 0. The van der Waals surface area contributed by atoms with Crippen molar-refractivity contribution in [1.29, 1.82) is 0 Å². The summed E-state index contributed by atoms with van der Waals surface area (Å²) in [6, 6.07) is 46.7. The van der Waals surface area contributed by atoms with Crippen molar-refractivity contribution in [2.24, 2.45) is 0 Å². The van der Waals surface area contributed by atoms with Gasteiger partial charge in [-0.3, -0.25) is 0 Å². The molecular formula is C43H30N2S. The van der Waals surface area contributed by atoms with Gasteiger partial charge in [-0.25, -0.2) is 0 Å². The van der Waals surface area contributed by atoms with E-state index in [0.29, 0.717) is 0 Å². The lowest BCUT2D eigenvalue weighted by molar-refractivity contribution is 1.18. The lowest BCUT2D eigenvalue weighted by atomic mass is 10.00. The zero-order valence-electron chi connectivity index (χ0n) is 25.4. The number of rotatable bonds is 5. The van der Waals surface area contributed by atoms with Crippen molar-refractivity contribution in [2.45, 2.75) is 6.92 Å². The van der Waals surface area contributed by atoms with E-state index in [1.165, 1.54) is 80.6 Å². The van der Waals surface area contributed by atoms with E-state index in [4.69, 9.17) is 0 Å². The zero-order valence-corrected chi connectivity index (χ0v) is 26.3. The molecule has 3 heterocycles. The molecule has 0 spiro atoms. The van der Waals surface area contributed by atoms with Crippen molar-refractivity contribution in [3.05, 3.63) is 158 Å². The molecule has 0 aliphatic carbocycles. The standard InChI is InChI=1S/C43H30N2S/c1-3-5-13-30(4-2)44-37-18-11-9-16-32(37)35-26-28(20-23-38(35)44)29-21-24-39-36(27-29)42-40(45(39)31-14-7-6-8-15-31)25-22-34-33-17-10-12-19-41(33)46-43(34)42/h3-27H,1H2,2H3/b13-5-,30-4+. The van der Waals surface area contributed by atoms with Gasteiger partial charge in [-0.05, 0) is 78.7 Å². The summed E-state index contributed by atoms with van der Waals surface area (Å²) >= 11 is 1.90. The fourth-order valence-electron chi connectivity index (χ4n) is 7.22. The Morgan fingerprint density at radius 3 is 2.09 bits per heavy atom. The molecule has 0 radical (unpaired) electrons. The lowest BCUT2D eigenvalue weighted by Crippen LogP contribution is -1.94. The van der Waals surface area contributed by atoms with Gasteiger partial charge in [0.05, 0.1) is 22.1 Å². The molecule has 218 valence electrons. The summed E-state index contributed by atoms with van der Waals surface area (Å²) < 4.78 is 7.45. The second-order valence-electron chi connectivity index (χ2n) is 11.7. The number of aromatic nitrogens is 2. The predicted octanol–water partition coefficient (Wildman–Crippen LogP) is 12.5. The Hall–Kier alpha value is -5.64. The first-order valence-corrected chi connectivity index (χ1v) is 16.5. The highest BCUT2D eigenvalue weighted by Gasteiger charge is 2.19. The SMILES string of the molecule is C=C/C=C\C(=C/C)n1c2ccccc2c2cc(-c3ccc4c(c3)c3c5sc6ccccc6c5ccc3n4-c3ccccc3)ccc21. The molecule has 2 nitrogen and oxygen atoms in total. The van der Waals surface area contributed by atoms with E-state index in [9.17, 15) is 0 Å². The first-order valence-electron chi connectivity index (χ1n) is 15.7. The molecule has 0 fully saturated rings. The number of hydrogen-bond donors (Lipinski definition) is 0. The van der Waals surface area contributed by atoms with E-state index in [2.05, 4.69) is 162 Å². The van der Waals surface area contributed by atoms with Gasteiger partial charge >= 0.3 is 0 Å². The first-order chi connectivity index (χ1) is 22.7. The van der Waals surface area contributed by atoms with Crippen molar-refractivity contribution in [3.8, 4) is 16.8 Å². The molecule has 6 aromatic carbocycles. The number of nitrogens with zero attached hydrogens (tertiary/aromatic N) is 2. The van der Waals surface area contributed by atoms with Crippen LogP contribution in [-0.4, -0.2) is 9.13 Å². The third-order valence-electron chi connectivity index (χ3n) is 9.25. The summed E-state index contributed by atoms with van der Waals surface area (Å²) in [5.41, 5.74) is 9.59. The third-order valence-corrected chi connectivity index (χ3v) is 10.5. The van der Waals surface area contributed by atoms with Crippen LogP contribution in [0.2, 0.25) is 0 Å². The minimum Gasteiger partial charge on any atom is -0.310 e. The van der Waals surface area contributed by atoms with E-state index >= 15 is 0 Å². The second-order valence-corrected chi connectivity index (χ2v) is 12.8. The van der Waals surface area contributed by atoms with E-state index in [0.717, 1.165) is 5.70 Å². The molecule has 0 unspecified atom stereocenters. The number of benzene rings is 6. The van der Waals surface area contributed by atoms with Gasteiger partial charge in [-0.15, -0.1) is 11.3 Å². The van der Waals surface area contributed by atoms with Crippen LogP contribution < -0.4 is 0 Å². The summed E-state index contributed by atoms with van der Waals surface area (Å²) in [5, 5.41) is 7.75. The van der Waals surface area contributed by atoms with Crippen LogP contribution >= 0.6 is 11.3 Å². The van der Waals surface area contributed by atoms with E-state index < -0.39 is 0 Å². The average molecular weight is 607 g/mol. The zero-order chi connectivity index (χ0) is 30.8. The molecule has 0 aliphatic heterocycles. The molecule has 9 rings (SSSR count). The normalized spacial score (nSPS) is 12.6. The first kappa shape index (κ1) is 26.7. The highest BCUT2D eigenvalue weighted by atomic mass is 32.1. The van der Waals surface area contributed by atoms with Gasteiger partial charge in [0.2, 0.25) is 0 Å². The van der Waals surface area contributed by atoms with Gasteiger partial charge in [0.1, 0.15) is 0 Å². The topological polar surface area (TPSA) is 9.86 Å². The predicted molar refractivity (Wildman–Crippen MR) is 201 cm³/mol. The molecular weight excluding hydrogens is 577 g/mol. The average Bonchev–Trinajstić information content (AvgIpc) is 3.76. The number of allylic oxidation sites excluding steroid dienone is 5. The number of para-hydroxylation sites is 2. The Morgan fingerprint density at radius 2 is 1.28 bits per heavy atom. The molecule has 0 atom stereocenters. The Balaban J connectivity index is 1.32. The van der Waals surface area contributed by atoms with Gasteiger partial charge in [0.25, 0.3) is 0 Å². The van der Waals surface area contributed by atoms with Crippen LogP contribution in [-0.2, 0) is 0 Å². The maximum Gasteiger partial charge on any atom is 0.0555 e. The van der Waals surface area contributed by atoms with E-state index in [-0.39, 0.29) is 0 Å². The Bertz CT molecular complexity index is 2710. The Kier molecular flexibility index (Phi) is 6.09. The van der Waals surface area contributed by atoms with Crippen LogP contribution in [0.15, 0.2) is 158 Å². The molecule has 0 bridgehead atoms. The van der Waals surface area contributed by atoms with Crippen LogP contribution in [0, 0.1) is 0 Å². The monoisotopic (exact) mass is 606 g/mol. The van der Waals surface area contributed by atoms with Gasteiger partial charge < -0.3 is 9.13 Å². The van der Waals surface area contributed by atoms with Crippen molar-refractivity contribution in [3.63, 3.8) is 0 Å². The summed E-state index contributed by atoms with van der Waals surface area (Å²) in [5.74, 6) is 0. The fraction of sp³-hybridized carbons (Fsp3) is 0.0233. The van der Waals surface area contributed by atoms with Crippen LogP contribution in [0.25, 0.3) is 86.3 Å². The maximum absolute atomic E-state index is 3.88.